The van der Waals surface area contributed by atoms with Crippen molar-refractivity contribution in [3.05, 3.63) is 12.0 Å². The number of carbonyl (C=O) groups is 1. The Morgan fingerprint density at radius 2 is 1.75 bits per heavy atom. The summed E-state index contributed by atoms with van der Waals surface area (Å²) in [6.45, 7) is 6.37. The van der Waals surface area contributed by atoms with Crippen molar-refractivity contribution in [1.29, 1.82) is 0 Å². The second-order valence-corrected chi connectivity index (χ2v) is 2.95. The van der Waals surface area contributed by atoms with Crippen LogP contribution >= 0.6 is 0 Å². The van der Waals surface area contributed by atoms with Crippen LogP contribution in [0.5, 0.6) is 0 Å². The van der Waals surface area contributed by atoms with E-state index in [-0.39, 0.29) is 12.5 Å². The van der Waals surface area contributed by atoms with Gasteiger partial charge in [-0.3, -0.25) is 4.79 Å². The summed E-state index contributed by atoms with van der Waals surface area (Å²) in [5.74, 6) is -1.93. The summed E-state index contributed by atoms with van der Waals surface area (Å²) in [6.07, 6.45) is -4.36. The Labute approximate surface area is 92.9 Å². The molecule has 0 aliphatic rings. The Balaban J connectivity index is 4.89. The average molecular weight is 239 g/mol. The first-order chi connectivity index (χ1) is 7.36. The maximum Gasteiger partial charge on any atom is 0.454 e. The number of hydrogen-bond acceptors (Lipinski definition) is 3. The van der Waals surface area contributed by atoms with E-state index in [0.717, 1.165) is 0 Å². The number of allylic oxidation sites excluding steroid dienone is 1. The van der Waals surface area contributed by atoms with Gasteiger partial charge in [0.2, 0.25) is 0 Å². The first-order valence-corrected chi connectivity index (χ1v) is 5.07. The summed E-state index contributed by atoms with van der Waals surface area (Å²) < 4.78 is 41.2. The van der Waals surface area contributed by atoms with Crippen LogP contribution in [0.2, 0.25) is 0 Å². The lowest BCUT2D eigenvalue weighted by Gasteiger charge is -2.23. The van der Waals surface area contributed by atoms with Gasteiger partial charge in [-0.1, -0.05) is 0 Å². The molecule has 6 heteroatoms. The summed E-state index contributed by atoms with van der Waals surface area (Å²) in [6, 6.07) is 0. The minimum absolute atomic E-state index is 0.0326. The van der Waals surface area contributed by atoms with Gasteiger partial charge in [-0.15, -0.1) is 0 Å². The standard InChI is InChI=1S/C10H16F3NO2/c1-4-14(5-2)9(16-6-3)7-8(15)10(11,12)13/h7H,4-6H2,1-3H3/b9-7+. The fraction of sp³-hybridized carbons (Fsp3) is 0.700. The van der Waals surface area contributed by atoms with Crippen molar-refractivity contribution in [1.82, 2.24) is 4.90 Å². The summed E-state index contributed by atoms with van der Waals surface area (Å²) in [7, 11) is 0. The van der Waals surface area contributed by atoms with Crippen LogP contribution in [0.1, 0.15) is 20.8 Å². The van der Waals surface area contributed by atoms with Crippen LogP contribution in [0.3, 0.4) is 0 Å². The van der Waals surface area contributed by atoms with Crippen LogP contribution in [0, 0.1) is 0 Å². The van der Waals surface area contributed by atoms with Gasteiger partial charge in [0.15, 0.2) is 5.88 Å². The number of ketones is 1. The molecule has 0 radical (unpaired) electrons. The number of rotatable bonds is 6. The summed E-state index contributed by atoms with van der Waals surface area (Å²) in [5, 5.41) is 0. The van der Waals surface area contributed by atoms with Gasteiger partial charge < -0.3 is 9.64 Å². The highest BCUT2D eigenvalue weighted by Crippen LogP contribution is 2.18. The van der Waals surface area contributed by atoms with Gasteiger partial charge in [0.1, 0.15) is 0 Å². The molecule has 0 aliphatic carbocycles. The molecule has 0 rings (SSSR count). The number of alkyl halides is 3. The van der Waals surface area contributed by atoms with Crippen molar-refractivity contribution >= 4 is 5.78 Å². The SMILES string of the molecule is CCO/C(=C/C(=O)C(F)(F)F)N(CC)CC. The van der Waals surface area contributed by atoms with Crippen LogP contribution in [0.15, 0.2) is 12.0 Å². The number of hydrogen-bond donors (Lipinski definition) is 0. The second kappa shape index (κ2) is 6.40. The van der Waals surface area contributed by atoms with Crippen LogP contribution in [-0.4, -0.2) is 36.6 Å². The number of halogens is 3. The highest BCUT2D eigenvalue weighted by molar-refractivity contribution is 5.94. The lowest BCUT2D eigenvalue weighted by atomic mass is 10.3. The zero-order chi connectivity index (χ0) is 12.8. The zero-order valence-electron chi connectivity index (χ0n) is 9.60. The minimum atomic E-state index is -4.85. The summed E-state index contributed by atoms with van der Waals surface area (Å²) in [5.41, 5.74) is 0. The van der Waals surface area contributed by atoms with E-state index in [1.807, 2.05) is 0 Å². The van der Waals surface area contributed by atoms with Gasteiger partial charge in [-0.2, -0.15) is 13.2 Å². The lowest BCUT2D eigenvalue weighted by molar-refractivity contribution is -0.165. The Bertz CT molecular complexity index is 257. The fourth-order valence-electron chi connectivity index (χ4n) is 1.10. The van der Waals surface area contributed by atoms with Crippen LogP contribution < -0.4 is 0 Å². The van der Waals surface area contributed by atoms with E-state index in [2.05, 4.69) is 0 Å². The molecule has 0 bridgehead atoms. The average Bonchev–Trinajstić information content (AvgIpc) is 2.18. The normalized spacial score (nSPS) is 12.5. The van der Waals surface area contributed by atoms with Gasteiger partial charge >= 0.3 is 6.18 Å². The van der Waals surface area contributed by atoms with Gasteiger partial charge in [0.05, 0.1) is 12.7 Å². The second-order valence-electron chi connectivity index (χ2n) is 2.95. The highest BCUT2D eigenvalue weighted by Gasteiger charge is 2.37. The Kier molecular flexibility index (Phi) is 5.92. The molecule has 0 atom stereocenters. The Morgan fingerprint density at radius 1 is 1.25 bits per heavy atom. The van der Waals surface area contributed by atoms with E-state index in [0.29, 0.717) is 19.2 Å². The smallest absolute Gasteiger partial charge is 0.454 e. The molecule has 0 aromatic rings. The van der Waals surface area contributed by atoms with Crippen molar-refractivity contribution in [3.8, 4) is 0 Å². The van der Waals surface area contributed by atoms with E-state index in [1.54, 1.807) is 25.7 Å². The molecule has 0 aromatic heterocycles. The van der Waals surface area contributed by atoms with E-state index >= 15 is 0 Å². The van der Waals surface area contributed by atoms with E-state index < -0.39 is 12.0 Å². The van der Waals surface area contributed by atoms with E-state index in [9.17, 15) is 18.0 Å². The maximum atomic E-state index is 12.1. The lowest BCUT2D eigenvalue weighted by Crippen LogP contribution is -2.28. The molecule has 3 nitrogen and oxygen atoms in total. The van der Waals surface area contributed by atoms with Gasteiger partial charge in [-0.05, 0) is 20.8 Å². The first-order valence-electron chi connectivity index (χ1n) is 5.07. The molecular formula is C10H16F3NO2. The van der Waals surface area contributed by atoms with Gasteiger partial charge in [0, 0.05) is 13.1 Å². The molecule has 0 saturated heterocycles. The summed E-state index contributed by atoms with van der Waals surface area (Å²) >= 11 is 0. The molecule has 0 spiro atoms. The van der Waals surface area contributed by atoms with Crippen molar-refractivity contribution in [2.45, 2.75) is 26.9 Å². The molecule has 94 valence electrons. The van der Waals surface area contributed by atoms with Crippen LogP contribution in [0.4, 0.5) is 13.2 Å². The minimum Gasteiger partial charge on any atom is -0.479 e. The third-order valence-corrected chi connectivity index (χ3v) is 1.90. The quantitative estimate of drug-likeness (QED) is 0.526. The molecule has 0 fully saturated rings. The molecule has 16 heavy (non-hydrogen) atoms. The third kappa shape index (κ3) is 4.55. The molecule has 0 aliphatic heterocycles. The number of ether oxygens (including phenoxy) is 1. The van der Waals surface area contributed by atoms with Gasteiger partial charge in [-0.25, -0.2) is 0 Å². The molecule has 0 amide bonds. The molecule has 0 saturated carbocycles. The third-order valence-electron chi connectivity index (χ3n) is 1.90. The predicted molar refractivity (Wildman–Crippen MR) is 53.7 cm³/mol. The van der Waals surface area contributed by atoms with Crippen molar-refractivity contribution < 1.29 is 22.7 Å². The molecular weight excluding hydrogens is 223 g/mol. The van der Waals surface area contributed by atoms with E-state index in [4.69, 9.17) is 4.74 Å². The fourth-order valence-corrected chi connectivity index (χ4v) is 1.10. The Morgan fingerprint density at radius 3 is 2.06 bits per heavy atom. The van der Waals surface area contributed by atoms with E-state index in [1.165, 1.54) is 0 Å². The Hall–Kier alpha value is -1.20. The van der Waals surface area contributed by atoms with Crippen LogP contribution in [-0.2, 0) is 9.53 Å². The molecule has 0 unspecified atom stereocenters. The molecule has 0 aromatic carbocycles. The zero-order valence-corrected chi connectivity index (χ0v) is 9.60. The maximum absolute atomic E-state index is 12.1. The molecule has 0 N–H and O–H groups in total. The van der Waals surface area contributed by atoms with Crippen molar-refractivity contribution in [2.24, 2.45) is 0 Å². The summed E-state index contributed by atoms with van der Waals surface area (Å²) in [4.78, 5) is 12.3. The van der Waals surface area contributed by atoms with Crippen molar-refractivity contribution in [3.63, 3.8) is 0 Å². The monoisotopic (exact) mass is 239 g/mol. The highest BCUT2D eigenvalue weighted by atomic mass is 19.4. The molecule has 0 heterocycles. The number of nitrogens with zero attached hydrogens (tertiary/aromatic N) is 1. The van der Waals surface area contributed by atoms with Gasteiger partial charge in [0.25, 0.3) is 5.78 Å². The predicted octanol–water partition coefficient (Wildman–Crippen LogP) is 2.34. The van der Waals surface area contributed by atoms with Crippen molar-refractivity contribution in [2.75, 3.05) is 19.7 Å². The largest absolute Gasteiger partial charge is 0.479 e. The first kappa shape index (κ1) is 14.8. The van der Waals surface area contributed by atoms with Crippen LogP contribution in [0.25, 0.3) is 0 Å². The number of carbonyl (C=O) groups excluding carboxylic acids is 1. The topological polar surface area (TPSA) is 29.5 Å².